The molecule has 100 valence electrons. The zero-order chi connectivity index (χ0) is 12.9. The second-order valence-electron chi connectivity index (χ2n) is 3.34. The van der Waals surface area contributed by atoms with Gasteiger partial charge in [0.05, 0.1) is 32.8 Å². The van der Waals surface area contributed by atoms with E-state index in [0.717, 1.165) is 6.42 Å². The van der Waals surface area contributed by atoms with Crippen molar-refractivity contribution < 1.29 is 28.9 Å². The van der Waals surface area contributed by atoms with Gasteiger partial charge in [-0.3, -0.25) is 9.59 Å². The average molecular weight is 248 g/mol. The summed E-state index contributed by atoms with van der Waals surface area (Å²) in [7, 11) is 0. The molecule has 0 atom stereocenters. The zero-order valence-corrected chi connectivity index (χ0v) is 10.1. The van der Waals surface area contributed by atoms with Crippen molar-refractivity contribution in [2.24, 2.45) is 0 Å². The Hall–Kier alpha value is -1.14. The lowest BCUT2D eigenvalue weighted by Crippen LogP contribution is -2.13. The molecule has 0 aliphatic heterocycles. The highest BCUT2D eigenvalue weighted by molar-refractivity contribution is 5.69. The second-order valence-corrected chi connectivity index (χ2v) is 3.34. The smallest absolute Gasteiger partial charge is 0.305 e. The van der Waals surface area contributed by atoms with Gasteiger partial charge < -0.3 is 19.3 Å². The van der Waals surface area contributed by atoms with Crippen LogP contribution in [0.3, 0.4) is 0 Å². The van der Waals surface area contributed by atoms with Crippen LogP contribution in [0.4, 0.5) is 0 Å². The molecule has 6 heteroatoms. The summed E-state index contributed by atoms with van der Waals surface area (Å²) >= 11 is 0. The number of carboxylic acid groups (broad SMARTS) is 1. The molecule has 0 rings (SSSR count). The van der Waals surface area contributed by atoms with E-state index >= 15 is 0 Å². The Morgan fingerprint density at radius 1 is 0.941 bits per heavy atom. The summed E-state index contributed by atoms with van der Waals surface area (Å²) in [4.78, 5) is 21.1. The minimum absolute atomic E-state index is 0.00533. The van der Waals surface area contributed by atoms with Crippen LogP contribution in [0.5, 0.6) is 0 Å². The standard InChI is InChI=1S/C11H20O6/c1-2-3-11(14)17-9-8-16-7-6-15-5-4-10(12)13/h2-9H2,1H3,(H,12,13). The molecule has 0 heterocycles. The van der Waals surface area contributed by atoms with Gasteiger partial charge >= 0.3 is 11.9 Å². The van der Waals surface area contributed by atoms with Crippen molar-refractivity contribution in [3.63, 3.8) is 0 Å². The maximum atomic E-state index is 10.9. The molecule has 1 N–H and O–H groups in total. The van der Waals surface area contributed by atoms with Crippen LogP contribution in [-0.2, 0) is 23.8 Å². The number of esters is 1. The molecule has 0 fully saturated rings. The zero-order valence-electron chi connectivity index (χ0n) is 10.1. The topological polar surface area (TPSA) is 82.1 Å². The molecule has 0 amide bonds. The molecule has 0 aromatic heterocycles. The number of hydrogen-bond donors (Lipinski definition) is 1. The van der Waals surface area contributed by atoms with Gasteiger partial charge in [-0.25, -0.2) is 0 Å². The number of carboxylic acids is 1. The quantitative estimate of drug-likeness (QED) is 0.431. The third-order valence-electron chi connectivity index (χ3n) is 1.78. The van der Waals surface area contributed by atoms with E-state index in [2.05, 4.69) is 0 Å². The van der Waals surface area contributed by atoms with Gasteiger partial charge in [0, 0.05) is 6.42 Å². The lowest BCUT2D eigenvalue weighted by Gasteiger charge is -2.06. The first-order chi connectivity index (χ1) is 8.16. The van der Waals surface area contributed by atoms with Crippen molar-refractivity contribution in [1.29, 1.82) is 0 Å². The van der Waals surface area contributed by atoms with E-state index in [1.165, 1.54) is 0 Å². The SMILES string of the molecule is CCCC(=O)OCCOCCOCCC(=O)O. The molecule has 0 unspecified atom stereocenters. The summed E-state index contributed by atoms with van der Waals surface area (Å²) in [5, 5.41) is 8.32. The molecule has 17 heavy (non-hydrogen) atoms. The summed E-state index contributed by atoms with van der Waals surface area (Å²) in [6.45, 7) is 3.38. The first kappa shape index (κ1) is 15.9. The van der Waals surface area contributed by atoms with Crippen LogP contribution in [0, 0.1) is 0 Å². The van der Waals surface area contributed by atoms with Crippen molar-refractivity contribution in [1.82, 2.24) is 0 Å². The van der Waals surface area contributed by atoms with E-state index in [0.29, 0.717) is 26.2 Å². The lowest BCUT2D eigenvalue weighted by atomic mass is 10.3. The van der Waals surface area contributed by atoms with Crippen LogP contribution in [0.2, 0.25) is 0 Å². The number of hydrogen-bond acceptors (Lipinski definition) is 5. The summed E-state index contributed by atoms with van der Waals surface area (Å²) in [5.74, 6) is -1.09. The van der Waals surface area contributed by atoms with Crippen molar-refractivity contribution in [3.8, 4) is 0 Å². The van der Waals surface area contributed by atoms with Gasteiger partial charge in [-0.2, -0.15) is 0 Å². The van der Waals surface area contributed by atoms with Crippen molar-refractivity contribution in [3.05, 3.63) is 0 Å². The fourth-order valence-corrected chi connectivity index (χ4v) is 0.972. The monoisotopic (exact) mass is 248 g/mol. The Bertz CT molecular complexity index is 216. The van der Waals surface area contributed by atoms with E-state index in [1.807, 2.05) is 6.92 Å². The van der Waals surface area contributed by atoms with Gasteiger partial charge in [0.15, 0.2) is 0 Å². The van der Waals surface area contributed by atoms with Crippen molar-refractivity contribution in [2.45, 2.75) is 26.2 Å². The van der Waals surface area contributed by atoms with Gasteiger partial charge in [-0.1, -0.05) is 6.92 Å². The lowest BCUT2D eigenvalue weighted by molar-refractivity contribution is -0.145. The fraction of sp³-hybridized carbons (Fsp3) is 0.818. The van der Waals surface area contributed by atoms with Gasteiger partial charge in [-0.15, -0.1) is 0 Å². The molecular weight excluding hydrogens is 228 g/mol. The summed E-state index contributed by atoms with van der Waals surface area (Å²) in [6, 6.07) is 0. The van der Waals surface area contributed by atoms with Crippen LogP contribution >= 0.6 is 0 Å². The van der Waals surface area contributed by atoms with Crippen LogP contribution in [0.15, 0.2) is 0 Å². The molecule has 0 aromatic carbocycles. The maximum Gasteiger partial charge on any atom is 0.305 e. The normalized spacial score (nSPS) is 10.2. The Kier molecular flexibility index (Phi) is 10.6. The number of ether oxygens (including phenoxy) is 3. The summed E-state index contributed by atoms with van der Waals surface area (Å²) < 4.78 is 15.0. The molecule has 0 aromatic rings. The number of carbonyl (C=O) groups is 2. The van der Waals surface area contributed by atoms with Gasteiger partial charge in [0.25, 0.3) is 0 Å². The molecule has 0 spiro atoms. The van der Waals surface area contributed by atoms with Crippen LogP contribution in [0.1, 0.15) is 26.2 Å². The molecule has 0 bridgehead atoms. The highest BCUT2D eigenvalue weighted by atomic mass is 16.6. The van der Waals surface area contributed by atoms with E-state index in [1.54, 1.807) is 0 Å². The van der Waals surface area contributed by atoms with Gasteiger partial charge in [0.2, 0.25) is 0 Å². The van der Waals surface area contributed by atoms with E-state index in [9.17, 15) is 9.59 Å². The molecule has 0 aliphatic rings. The van der Waals surface area contributed by atoms with Crippen LogP contribution in [0.25, 0.3) is 0 Å². The largest absolute Gasteiger partial charge is 0.481 e. The number of rotatable bonds is 11. The van der Waals surface area contributed by atoms with Crippen molar-refractivity contribution >= 4 is 11.9 Å². The Morgan fingerprint density at radius 2 is 1.53 bits per heavy atom. The second kappa shape index (κ2) is 11.3. The fourth-order valence-electron chi connectivity index (χ4n) is 0.972. The molecule has 0 aliphatic carbocycles. The van der Waals surface area contributed by atoms with E-state index in [4.69, 9.17) is 19.3 Å². The molecular formula is C11H20O6. The number of aliphatic carboxylic acids is 1. The molecule has 0 saturated heterocycles. The van der Waals surface area contributed by atoms with Crippen molar-refractivity contribution in [2.75, 3.05) is 33.0 Å². The predicted octanol–water partition coefficient (Wildman–Crippen LogP) is 0.838. The van der Waals surface area contributed by atoms with Crippen LogP contribution in [-0.4, -0.2) is 50.1 Å². The van der Waals surface area contributed by atoms with E-state index < -0.39 is 5.97 Å². The highest BCUT2D eigenvalue weighted by Crippen LogP contribution is 1.91. The number of carbonyl (C=O) groups excluding carboxylic acids is 1. The first-order valence-electron chi connectivity index (χ1n) is 5.69. The third kappa shape index (κ3) is 12.8. The van der Waals surface area contributed by atoms with Crippen LogP contribution < -0.4 is 0 Å². The van der Waals surface area contributed by atoms with Gasteiger partial charge in [0.1, 0.15) is 6.61 Å². The van der Waals surface area contributed by atoms with E-state index in [-0.39, 0.29) is 25.6 Å². The minimum atomic E-state index is -0.881. The molecule has 0 radical (unpaired) electrons. The summed E-state index contributed by atoms with van der Waals surface area (Å²) in [6.07, 6.45) is 1.20. The average Bonchev–Trinajstić information content (AvgIpc) is 2.27. The van der Waals surface area contributed by atoms with Gasteiger partial charge in [-0.05, 0) is 6.42 Å². The first-order valence-corrected chi connectivity index (χ1v) is 5.69. The Morgan fingerprint density at radius 3 is 2.12 bits per heavy atom. The maximum absolute atomic E-state index is 10.9. The highest BCUT2D eigenvalue weighted by Gasteiger charge is 2.00. The Labute approximate surface area is 101 Å². The third-order valence-corrected chi connectivity index (χ3v) is 1.78. The summed E-state index contributed by atoms with van der Waals surface area (Å²) in [5.41, 5.74) is 0. The molecule has 0 saturated carbocycles. The Balaban J connectivity index is 3.08. The predicted molar refractivity (Wildman–Crippen MR) is 59.8 cm³/mol. The molecule has 6 nitrogen and oxygen atoms in total. The minimum Gasteiger partial charge on any atom is -0.481 e.